The van der Waals surface area contributed by atoms with Gasteiger partial charge < -0.3 is 5.32 Å². The van der Waals surface area contributed by atoms with Crippen molar-refractivity contribution in [3.63, 3.8) is 0 Å². The van der Waals surface area contributed by atoms with Gasteiger partial charge in [-0.1, -0.05) is 13.8 Å². The van der Waals surface area contributed by atoms with Gasteiger partial charge in [0.1, 0.15) is 11.9 Å². The van der Waals surface area contributed by atoms with Crippen LogP contribution in [-0.2, 0) is 9.59 Å². The van der Waals surface area contributed by atoms with Crippen LogP contribution < -0.4 is 16.2 Å². The van der Waals surface area contributed by atoms with Gasteiger partial charge >= 0.3 is 0 Å². The smallest absolute Gasteiger partial charge is 0.261 e. The average molecular weight is 285 g/mol. The lowest BCUT2D eigenvalue weighted by molar-refractivity contribution is -0.128. The summed E-state index contributed by atoms with van der Waals surface area (Å²) in [7, 11) is 0. The molecule has 0 saturated carbocycles. The molecule has 2 amide bonds. The zero-order chi connectivity index (χ0) is 15.3. The number of halogens is 2. The maximum absolute atomic E-state index is 13.3. The molecule has 1 unspecified atom stereocenters. The summed E-state index contributed by atoms with van der Waals surface area (Å²) in [5, 5.41) is 2.49. The zero-order valence-corrected chi connectivity index (χ0v) is 11.5. The Labute approximate surface area is 115 Å². The summed E-state index contributed by atoms with van der Waals surface area (Å²) in [5.41, 5.74) is 4.57. The van der Waals surface area contributed by atoms with Crippen LogP contribution in [0.4, 0.5) is 14.5 Å². The predicted molar refractivity (Wildman–Crippen MR) is 70.6 cm³/mol. The van der Waals surface area contributed by atoms with Crippen molar-refractivity contribution in [1.29, 1.82) is 0 Å². The van der Waals surface area contributed by atoms with Crippen LogP contribution >= 0.6 is 0 Å². The van der Waals surface area contributed by atoms with Crippen LogP contribution in [0.5, 0.6) is 0 Å². The van der Waals surface area contributed by atoms with Gasteiger partial charge in [0.2, 0.25) is 5.91 Å². The van der Waals surface area contributed by atoms with Crippen molar-refractivity contribution in [1.82, 2.24) is 10.7 Å². The first-order valence-electron chi connectivity index (χ1n) is 6.09. The largest absolute Gasteiger partial charge is 0.344 e. The van der Waals surface area contributed by atoms with Gasteiger partial charge in [0, 0.05) is 13.0 Å². The first kappa shape index (κ1) is 15.9. The topological polar surface area (TPSA) is 70.2 Å². The van der Waals surface area contributed by atoms with Crippen LogP contribution in [-0.4, -0.2) is 17.9 Å². The van der Waals surface area contributed by atoms with E-state index in [4.69, 9.17) is 0 Å². The molecule has 110 valence electrons. The van der Waals surface area contributed by atoms with E-state index in [2.05, 4.69) is 16.2 Å². The minimum Gasteiger partial charge on any atom is -0.344 e. The van der Waals surface area contributed by atoms with Gasteiger partial charge in [-0.2, -0.15) is 0 Å². The third kappa shape index (κ3) is 4.49. The number of hydrogen-bond acceptors (Lipinski definition) is 3. The van der Waals surface area contributed by atoms with Crippen LogP contribution in [0.1, 0.15) is 20.8 Å². The van der Waals surface area contributed by atoms with Gasteiger partial charge in [0.25, 0.3) is 5.91 Å². The summed E-state index contributed by atoms with van der Waals surface area (Å²) in [4.78, 5) is 22.9. The van der Waals surface area contributed by atoms with Gasteiger partial charge in [0.05, 0.1) is 5.69 Å². The lowest BCUT2D eigenvalue weighted by Crippen LogP contribution is -2.50. The SMILES string of the molecule is CC(=O)NC(C(=O)NNc1ccc(F)cc1F)C(C)C. The van der Waals surface area contributed by atoms with Crippen molar-refractivity contribution >= 4 is 17.5 Å². The van der Waals surface area contributed by atoms with E-state index >= 15 is 0 Å². The fourth-order valence-electron chi connectivity index (χ4n) is 1.55. The summed E-state index contributed by atoms with van der Waals surface area (Å²) in [5.74, 6) is -2.53. The quantitative estimate of drug-likeness (QED) is 0.719. The number of carbonyl (C=O) groups excluding carboxylic acids is 2. The molecule has 0 bridgehead atoms. The highest BCUT2D eigenvalue weighted by Crippen LogP contribution is 2.13. The van der Waals surface area contributed by atoms with Crippen LogP contribution in [0.2, 0.25) is 0 Å². The van der Waals surface area contributed by atoms with Crippen molar-refractivity contribution in [3.05, 3.63) is 29.8 Å². The summed E-state index contributed by atoms with van der Waals surface area (Å²) < 4.78 is 26.1. The van der Waals surface area contributed by atoms with Crippen molar-refractivity contribution in [2.24, 2.45) is 5.92 Å². The maximum atomic E-state index is 13.3. The Morgan fingerprint density at radius 2 is 1.85 bits per heavy atom. The van der Waals surface area contributed by atoms with Crippen LogP contribution in [0.3, 0.4) is 0 Å². The molecule has 0 aliphatic carbocycles. The van der Waals surface area contributed by atoms with E-state index in [9.17, 15) is 18.4 Å². The molecule has 1 aromatic rings. The van der Waals surface area contributed by atoms with E-state index in [1.165, 1.54) is 6.92 Å². The number of benzene rings is 1. The molecule has 0 aliphatic rings. The van der Waals surface area contributed by atoms with E-state index in [0.29, 0.717) is 6.07 Å². The van der Waals surface area contributed by atoms with E-state index in [1.807, 2.05) is 0 Å². The highest BCUT2D eigenvalue weighted by molar-refractivity contribution is 5.87. The molecule has 0 heterocycles. The van der Waals surface area contributed by atoms with Crippen LogP contribution in [0.25, 0.3) is 0 Å². The minimum atomic E-state index is -0.828. The number of hydrogen-bond donors (Lipinski definition) is 3. The molecule has 0 radical (unpaired) electrons. The van der Waals surface area contributed by atoms with E-state index in [0.717, 1.165) is 12.1 Å². The van der Waals surface area contributed by atoms with Gasteiger partial charge in [-0.05, 0) is 18.1 Å². The fourth-order valence-corrected chi connectivity index (χ4v) is 1.55. The van der Waals surface area contributed by atoms with Gasteiger partial charge in [0.15, 0.2) is 5.82 Å². The summed E-state index contributed by atoms with van der Waals surface area (Å²) in [6.45, 7) is 4.83. The Balaban J connectivity index is 2.67. The molecule has 0 fully saturated rings. The molecule has 0 aromatic heterocycles. The lowest BCUT2D eigenvalue weighted by Gasteiger charge is -2.21. The molecule has 1 atom stereocenters. The number of carbonyl (C=O) groups is 2. The highest BCUT2D eigenvalue weighted by atomic mass is 19.1. The maximum Gasteiger partial charge on any atom is 0.261 e. The van der Waals surface area contributed by atoms with Crippen molar-refractivity contribution in [2.45, 2.75) is 26.8 Å². The third-order valence-corrected chi connectivity index (χ3v) is 2.56. The standard InChI is InChI=1S/C13H17F2N3O2/c1-7(2)12(16-8(3)19)13(20)18-17-11-5-4-9(14)6-10(11)15/h4-7,12,17H,1-3H3,(H,16,19)(H,18,20). The fraction of sp³-hybridized carbons (Fsp3) is 0.385. The number of rotatable bonds is 5. The Hall–Kier alpha value is -2.18. The van der Waals surface area contributed by atoms with Crippen molar-refractivity contribution < 1.29 is 18.4 Å². The Kier molecular flexibility index (Phi) is 5.42. The Morgan fingerprint density at radius 3 is 2.35 bits per heavy atom. The lowest BCUT2D eigenvalue weighted by atomic mass is 10.0. The van der Waals surface area contributed by atoms with E-state index in [1.54, 1.807) is 13.8 Å². The van der Waals surface area contributed by atoms with Gasteiger partial charge in [-0.15, -0.1) is 0 Å². The molecule has 0 aliphatic heterocycles. The molecular weight excluding hydrogens is 268 g/mol. The molecule has 1 rings (SSSR count). The monoisotopic (exact) mass is 285 g/mol. The molecular formula is C13H17F2N3O2. The number of hydrazine groups is 1. The van der Waals surface area contributed by atoms with Crippen LogP contribution in [0, 0.1) is 17.6 Å². The zero-order valence-electron chi connectivity index (χ0n) is 11.5. The predicted octanol–water partition coefficient (Wildman–Crippen LogP) is 1.57. The molecule has 3 N–H and O–H groups in total. The first-order chi connectivity index (χ1) is 9.31. The Bertz CT molecular complexity index is 506. The summed E-state index contributed by atoms with van der Waals surface area (Å²) >= 11 is 0. The minimum absolute atomic E-state index is 0.0647. The molecule has 0 spiro atoms. The number of amides is 2. The normalized spacial score (nSPS) is 11.9. The molecule has 20 heavy (non-hydrogen) atoms. The second kappa shape index (κ2) is 6.83. The third-order valence-electron chi connectivity index (χ3n) is 2.56. The molecule has 7 heteroatoms. The number of anilines is 1. The van der Waals surface area contributed by atoms with Crippen molar-refractivity contribution in [3.8, 4) is 0 Å². The average Bonchev–Trinajstić information content (AvgIpc) is 2.34. The van der Waals surface area contributed by atoms with Crippen molar-refractivity contribution in [2.75, 3.05) is 5.43 Å². The second-order valence-electron chi connectivity index (χ2n) is 4.66. The summed E-state index contributed by atoms with van der Waals surface area (Å²) in [6, 6.07) is 2.17. The second-order valence-corrected chi connectivity index (χ2v) is 4.66. The highest BCUT2D eigenvalue weighted by Gasteiger charge is 2.22. The van der Waals surface area contributed by atoms with Crippen LogP contribution in [0.15, 0.2) is 18.2 Å². The molecule has 0 saturated heterocycles. The van der Waals surface area contributed by atoms with E-state index in [-0.39, 0.29) is 17.5 Å². The van der Waals surface area contributed by atoms with Gasteiger partial charge in [-0.3, -0.25) is 20.4 Å². The van der Waals surface area contributed by atoms with Gasteiger partial charge in [-0.25, -0.2) is 8.78 Å². The van der Waals surface area contributed by atoms with E-state index < -0.39 is 23.6 Å². The number of nitrogens with one attached hydrogen (secondary N) is 3. The summed E-state index contributed by atoms with van der Waals surface area (Å²) in [6.07, 6.45) is 0. The Morgan fingerprint density at radius 1 is 1.20 bits per heavy atom. The molecule has 1 aromatic carbocycles. The molecule has 5 nitrogen and oxygen atoms in total. The first-order valence-corrected chi connectivity index (χ1v) is 6.09.